The fourth-order valence-corrected chi connectivity index (χ4v) is 2.36. The standard InChI is InChI=1S/C13H16BrN3O/c1-17(7-4-8-18-2)13-10-5-3-6-11(14)12(10)15-9-16-13/h3,5-6,9H,4,7-8H2,1-2H3. The Morgan fingerprint density at radius 1 is 1.33 bits per heavy atom. The van der Waals surface area contributed by atoms with E-state index in [2.05, 4.69) is 30.8 Å². The van der Waals surface area contributed by atoms with Gasteiger partial charge in [0.1, 0.15) is 12.1 Å². The zero-order valence-electron chi connectivity index (χ0n) is 10.6. The lowest BCUT2D eigenvalue weighted by Gasteiger charge is -2.19. The highest BCUT2D eigenvalue weighted by Gasteiger charge is 2.09. The van der Waals surface area contributed by atoms with Gasteiger partial charge in [0.25, 0.3) is 0 Å². The van der Waals surface area contributed by atoms with Crippen molar-refractivity contribution >= 4 is 32.7 Å². The second-order valence-electron chi connectivity index (χ2n) is 4.10. The molecule has 2 rings (SSSR count). The molecule has 0 amide bonds. The minimum absolute atomic E-state index is 0.761. The minimum Gasteiger partial charge on any atom is -0.385 e. The Morgan fingerprint density at radius 2 is 2.17 bits per heavy atom. The van der Waals surface area contributed by atoms with E-state index in [0.29, 0.717) is 0 Å². The molecule has 0 N–H and O–H groups in total. The molecule has 1 aromatic heterocycles. The Morgan fingerprint density at radius 3 is 2.94 bits per heavy atom. The first kappa shape index (κ1) is 13.2. The number of ether oxygens (including phenoxy) is 1. The predicted molar refractivity (Wildman–Crippen MR) is 77.0 cm³/mol. The smallest absolute Gasteiger partial charge is 0.139 e. The molecule has 0 spiro atoms. The molecule has 2 aromatic rings. The lowest BCUT2D eigenvalue weighted by Crippen LogP contribution is -2.21. The number of nitrogens with zero attached hydrogens (tertiary/aromatic N) is 3. The number of benzene rings is 1. The van der Waals surface area contributed by atoms with Gasteiger partial charge in [0.15, 0.2) is 0 Å². The van der Waals surface area contributed by atoms with Crippen LogP contribution in [0.2, 0.25) is 0 Å². The topological polar surface area (TPSA) is 38.2 Å². The van der Waals surface area contributed by atoms with Gasteiger partial charge in [-0.05, 0) is 34.5 Å². The van der Waals surface area contributed by atoms with Crippen molar-refractivity contribution in [3.63, 3.8) is 0 Å². The van der Waals surface area contributed by atoms with Crippen molar-refractivity contribution in [1.29, 1.82) is 0 Å². The number of hydrogen-bond donors (Lipinski definition) is 0. The summed E-state index contributed by atoms with van der Waals surface area (Å²) in [5.41, 5.74) is 0.945. The molecule has 0 aliphatic carbocycles. The summed E-state index contributed by atoms with van der Waals surface area (Å²) in [7, 11) is 3.76. The van der Waals surface area contributed by atoms with Gasteiger partial charge >= 0.3 is 0 Å². The molecule has 96 valence electrons. The lowest BCUT2D eigenvalue weighted by atomic mass is 10.2. The van der Waals surface area contributed by atoms with E-state index in [1.807, 2.05) is 25.2 Å². The molecule has 0 aliphatic heterocycles. The van der Waals surface area contributed by atoms with Gasteiger partial charge in [-0.1, -0.05) is 6.07 Å². The van der Waals surface area contributed by atoms with Crippen LogP contribution in [0.5, 0.6) is 0 Å². The summed E-state index contributed by atoms with van der Waals surface area (Å²) in [6.45, 7) is 1.67. The number of halogens is 1. The number of aromatic nitrogens is 2. The molecule has 0 fully saturated rings. The van der Waals surface area contributed by atoms with Crippen molar-refractivity contribution < 1.29 is 4.74 Å². The highest BCUT2D eigenvalue weighted by Crippen LogP contribution is 2.27. The number of para-hydroxylation sites is 1. The minimum atomic E-state index is 0.761. The monoisotopic (exact) mass is 309 g/mol. The Hall–Kier alpha value is -1.20. The SMILES string of the molecule is COCCCN(C)c1ncnc2c(Br)cccc12. The second kappa shape index (κ2) is 6.11. The molecule has 1 heterocycles. The third kappa shape index (κ3) is 2.79. The molecular weight excluding hydrogens is 294 g/mol. The summed E-state index contributed by atoms with van der Waals surface area (Å²) < 4.78 is 6.06. The zero-order valence-corrected chi connectivity index (χ0v) is 12.1. The zero-order chi connectivity index (χ0) is 13.0. The van der Waals surface area contributed by atoms with Crippen LogP contribution in [-0.4, -0.2) is 37.3 Å². The van der Waals surface area contributed by atoms with Crippen molar-refractivity contribution in [2.24, 2.45) is 0 Å². The molecule has 0 saturated carbocycles. The van der Waals surface area contributed by atoms with E-state index in [-0.39, 0.29) is 0 Å². The van der Waals surface area contributed by atoms with Crippen molar-refractivity contribution in [1.82, 2.24) is 9.97 Å². The molecule has 0 unspecified atom stereocenters. The molecule has 0 radical (unpaired) electrons. The van der Waals surface area contributed by atoms with Gasteiger partial charge in [-0.2, -0.15) is 0 Å². The maximum Gasteiger partial charge on any atom is 0.139 e. The third-order valence-corrected chi connectivity index (χ3v) is 3.44. The molecular formula is C13H16BrN3O. The Kier molecular flexibility index (Phi) is 4.49. The normalized spacial score (nSPS) is 10.8. The van der Waals surface area contributed by atoms with Crippen molar-refractivity contribution in [2.75, 3.05) is 32.2 Å². The van der Waals surface area contributed by atoms with Gasteiger partial charge in [0.05, 0.1) is 5.52 Å². The quantitative estimate of drug-likeness (QED) is 0.796. The van der Waals surface area contributed by atoms with E-state index < -0.39 is 0 Å². The molecule has 5 heteroatoms. The first-order chi connectivity index (χ1) is 8.74. The van der Waals surface area contributed by atoms with E-state index in [0.717, 1.165) is 40.8 Å². The second-order valence-corrected chi connectivity index (χ2v) is 4.96. The van der Waals surface area contributed by atoms with Crippen LogP contribution in [0.15, 0.2) is 29.0 Å². The van der Waals surface area contributed by atoms with E-state index in [4.69, 9.17) is 4.74 Å². The highest BCUT2D eigenvalue weighted by atomic mass is 79.9. The molecule has 0 bridgehead atoms. The van der Waals surface area contributed by atoms with Crippen LogP contribution < -0.4 is 4.90 Å². The van der Waals surface area contributed by atoms with Gasteiger partial charge in [0.2, 0.25) is 0 Å². The Balaban J connectivity index is 2.30. The average Bonchev–Trinajstić information content (AvgIpc) is 2.39. The Labute approximate surface area is 115 Å². The van der Waals surface area contributed by atoms with Crippen LogP contribution >= 0.6 is 15.9 Å². The predicted octanol–water partition coefficient (Wildman–Crippen LogP) is 2.87. The summed E-state index contributed by atoms with van der Waals surface area (Å²) in [4.78, 5) is 10.8. The summed E-state index contributed by atoms with van der Waals surface area (Å²) in [6, 6.07) is 6.04. The van der Waals surface area contributed by atoms with Crippen LogP contribution in [0, 0.1) is 0 Å². The van der Waals surface area contributed by atoms with Crippen molar-refractivity contribution in [2.45, 2.75) is 6.42 Å². The van der Waals surface area contributed by atoms with E-state index >= 15 is 0 Å². The van der Waals surface area contributed by atoms with Gasteiger partial charge < -0.3 is 9.64 Å². The number of anilines is 1. The van der Waals surface area contributed by atoms with Crippen LogP contribution in [0.25, 0.3) is 10.9 Å². The number of methoxy groups -OCH3 is 1. The molecule has 4 nitrogen and oxygen atoms in total. The van der Waals surface area contributed by atoms with E-state index in [1.54, 1.807) is 13.4 Å². The molecule has 18 heavy (non-hydrogen) atoms. The van der Waals surface area contributed by atoms with Crippen LogP contribution in [0.4, 0.5) is 5.82 Å². The van der Waals surface area contributed by atoms with E-state index in [9.17, 15) is 0 Å². The van der Waals surface area contributed by atoms with Gasteiger partial charge in [0, 0.05) is 37.2 Å². The molecule has 0 aliphatic rings. The van der Waals surface area contributed by atoms with Crippen molar-refractivity contribution in [3.8, 4) is 0 Å². The number of rotatable bonds is 5. The fraction of sp³-hybridized carbons (Fsp3) is 0.385. The number of hydrogen-bond acceptors (Lipinski definition) is 4. The van der Waals surface area contributed by atoms with Gasteiger partial charge in [-0.15, -0.1) is 0 Å². The van der Waals surface area contributed by atoms with Crippen LogP contribution in [0.1, 0.15) is 6.42 Å². The maximum atomic E-state index is 5.07. The highest BCUT2D eigenvalue weighted by molar-refractivity contribution is 9.10. The van der Waals surface area contributed by atoms with Gasteiger partial charge in [-0.3, -0.25) is 0 Å². The van der Waals surface area contributed by atoms with Crippen molar-refractivity contribution in [3.05, 3.63) is 29.0 Å². The third-order valence-electron chi connectivity index (χ3n) is 2.80. The fourth-order valence-electron chi connectivity index (χ4n) is 1.89. The molecule has 0 atom stereocenters. The summed E-state index contributed by atoms with van der Waals surface area (Å²) in [6.07, 6.45) is 2.59. The van der Waals surface area contributed by atoms with Crippen LogP contribution in [-0.2, 0) is 4.74 Å². The first-order valence-electron chi connectivity index (χ1n) is 5.83. The summed E-state index contributed by atoms with van der Waals surface area (Å²) >= 11 is 3.52. The Bertz CT molecular complexity index is 533. The molecule has 0 saturated heterocycles. The van der Waals surface area contributed by atoms with E-state index in [1.165, 1.54) is 0 Å². The largest absolute Gasteiger partial charge is 0.385 e. The van der Waals surface area contributed by atoms with Crippen LogP contribution in [0.3, 0.4) is 0 Å². The van der Waals surface area contributed by atoms with Gasteiger partial charge in [-0.25, -0.2) is 9.97 Å². The lowest BCUT2D eigenvalue weighted by molar-refractivity contribution is 0.196. The summed E-state index contributed by atoms with van der Waals surface area (Å²) in [5.74, 6) is 0.956. The molecule has 1 aromatic carbocycles. The summed E-state index contributed by atoms with van der Waals surface area (Å²) in [5, 5.41) is 1.06. The first-order valence-corrected chi connectivity index (χ1v) is 6.62. The maximum absolute atomic E-state index is 5.07. The number of fused-ring (bicyclic) bond motifs is 1. The average molecular weight is 310 g/mol.